The van der Waals surface area contributed by atoms with Gasteiger partial charge in [0.2, 0.25) is 0 Å². The molecular weight excluding hydrogens is 226 g/mol. The first-order valence-corrected chi connectivity index (χ1v) is 6.31. The monoisotopic (exact) mass is 231 g/mol. The Bertz CT molecular complexity index is 480. The summed E-state index contributed by atoms with van der Waals surface area (Å²) in [5, 5.41) is 0. The number of nitrogens with zero attached hydrogens (tertiary/aromatic N) is 1. The molecule has 68 valence electrons. The van der Waals surface area contributed by atoms with Gasteiger partial charge in [-0.1, -0.05) is 11.6 Å². The van der Waals surface area contributed by atoms with Crippen molar-refractivity contribution in [2.75, 3.05) is 6.26 Å². The van der Waals surface area contributed by atoms with Crippen molar-refractivity contribution in [1.82, 2.24) is 4.98 Å². The van der Waals surface area contributed by atoms with Gasteiger partial charge in [0.15, 0.2) is 4.47 Å². The lowest BCUT2D eigenvalue weighted by Crippen LogP contribution is -1.85. The highest BCUT2D eigenvalue weighted by molar-refractivity contribution is 7.84. The lowest BCUT2D eigenvalue weighted by molar-refractivity contribution is 0.687. The third-order valence-electron chi connectivity index (χ3n) is 1.67. The van der Waals surface area contributed by atoms with E-state index in [0.717, 1.165) is 15.1 Å². The Labute approximate surface area is 87.0 Å². The highest BCUT2D eigenvalue weighted by Crippen LogP contribution is 2.26. The van der Waals surface area contributed by atoms with Gasteiger partial charge < -0.3 is 0 Å². The van der Waals surface area contributed by atoms with E-state index >= 15 is 0 Å². The number of aromatic nitrogens is 1. The summed E-state index contributed by atoms with van der Waals surface area (Å²) in [7, 11) is -0.940. The minimum atomic E-state index is -0.940. The van der Waals surface area contributed by atoms with E-state index in [0.29, 0.717) is 4.47 Å². The highest BCUT2D eigenvalue weighted by Gasteiger charge is 2.03. The molecule has 2 rings (SSSR count). The number of rotatable bonds is 1. The third kappa shape index (κ3) is 1.75. The second kappa shape index (κ2) is 3.36. The van der Waals surface area contributed by atoms with Crippen LogP contribution in [0.2, 0.25) is 4.47 Å². The van der Waals surface area contributed by atoms with Crippen molar-refractivity contribution in [3.8, 4) is 0 Å². The van der Waals surface area contributed by atoms with Crippen molar-refractivity contribution in [3.63, 3.8) is 0 Å². The quantitative estimate of drug-likeness (QED) is 0.756. The van der Waals surface area contributed by atoms with E-state index in [9.17, 15) is 4.21 Å². The average Bonchev–Trinajstić information content (AvgIpc) is 2.42. The van der Waals surface area contributed by atoms with Crippen LogP contribution in [0.4, 0.5) is 0 Å². The van der Waals surface area contributed by atoms with E-state index in [1.54, 1.807) is 6.26 Å². The van der Waals surface area contributed by atoms with Crippen LogP contribution < -0.4 is 0 Å². The van der Waals surface area contributed by atoms with Crippen LogP contribution in [0.25, 0.3) is 10.2 Å². The molecule has 5 heteroatoms. The van der Waals surface area contributed by atoms with Crippen LogP contribution in [0.1, 0.15) is 0 Å². The summed E-state index contributed by atoms with van der Waals surface area (Å²) in [4.78, 5) is 4.91. The second-order valence-corrected chi connectivity index (χ2v) is 5.54. The van der Waals surface area contributed by atoms with Crippen LogP contribution in [-0.4, -0.2) is 15.4 Å². The van der Waals surface area contributed by atoms with Gasteiger partial charge in [-0.15, -0.1) is 11.3 Å². The van der Waals surface area contributed by atoms with Gasteiger partial charge in [-0.2, -0.15) is 0 Å². The third-order valence-corrected chi connectivity index (χ3v) is 3.71. The molecule has 2 aromatic rings. The Morgan fingerprint density at radius 3 is 3.00 bits per heavy atom. The van der Waals surface area contributed by atoms with Gasteiger partial charge in [-0.25, -0.2) is 4.98 Å². The molecule has 0 radical (unpaired) electrons. The van der Waals surface area contributed by atoms with Crippen LogP contribution in [0.15, 0.2) is 23.1 Å². The topological polar surface area (TPSA) is 30.0 Å². The van der Waals surface area contributed by atoms with E-state index in [1.807, 2.05) is 18.2 Å². The second-order valence-electron chi connectivity index (χ2n) is 2.55. The minimum absolute atomic E-state index is 0.522. The van der Waals surface area contributed by atoms with E-state index in [1.165, 1.54) is 11.3 Å². The van der Waals surface area contributed by atoms with E-state index < -0.39 is 10.8 Å². The number of hydrogen-bond acceptors (Lipinski definition) is 3. The van der Waals surface area contributed by atoms with Crippen molar-refractivity contribution in [2.45, 2.75) is 4.90 Å². The standard InChI is InChI=1S/C8H6ClNOS2/c1-13(11)5-2-3-6-7(4-5)12-8(9)10-6/h2-4H,1H3. The summed E-state index contributed by atoms with van der Waals surface area (Å²) in [6.07, 6.45) is 1.66. The molecule has 1 aromatic carbocycles. The van der Waals surface area contributed by atoms with Crippen molar-refractivity contribution in [3.05, 3.63) is 22.7 Å². The van der Waals surface area contributed by atoms with E-state index in [-0.39, 0.29) is 0 Å². The molecule has 0 spiro atoms. The summed E-state index contributed by atoms with van der Waals surface area (Å²) in [6.45, 7) is 0. The molecule has 0 saturated carbocycles. The maximum absolute atomic E-state index is 11.2. The molecule has 1 unspecified atom stereocenters. The fourth-order valence-corrected chi connectivity index (χ4v) is 2.74. The molecule has 0 aliphatic carbocycles. The molecule has 1 atom stereocenters. The first-order valence-electron chi connectivity index (χ1n) is 3.56. The Morgan fingerprint density at radius 2 is 2.31 bits per heavy atom. The van der Waals surface area contributed by atoms with Crippen LogP contribution >= 0.6 is 22.9 Å². The minimum Gasteiger partial charge on any atom is -0.255 e. The van der Waals surface area contributed by atoms with Crippen LogP contribution in [-0.2, 0) is 10.8 Å². The summed E-state index contributed by atoms with van der Waals surface area (Å²) >= 11 is 7.15. The van der Waals surface area contributed by atoms with E-state index in [2.05, 4.69) is 4.98 Å². The van der Waals surface area contributed by atoms with Gasteiger partial charge in [0.05, 0.1) is 10.2 Å². The lowest BCUT2D eigenvalue weighted by atomic mass is 10.3. The molecule has 0 bridgehead atoms. The highest BCUT2D eigenvalue weighted by atomic mass is 35.5. The molecule has 13 heavy (non-hydrogen) atoms. The zero-order chi connectivity index (χ0) is 9.42. The number of fused-ring (bicyclic) bond motifs is 1. The summed E-state index contributed by atoms with van der Waals surface area (Å²) in [6, 6.07) is 5.53. The maximum Gasteiger partial charge on any atom is 0.184 e. The van der Waals surface area contributed by atoms with Crippen LogP contribution in [0, 0.1) is 0 Å². The van der Waals surface area contributed by atoms with Crippen molar-refractivity contribution >= 4 is 44.0 Å². The Hall–Kier alpha value is -0.450. The maximum atomic E-state index is 11.2. The average molecular weight is 232 g/mol. The van der Waals surface area contributed by atoms with Crippen LogP contribution in [0.3, 0.4) is 0 Å². The molecular formula is C8H6ClNOS2. The Kier molecular flexibility index (Phi) is 2.36. The molecule has 1 heterocycles. The summed E-state index contributed by atoms with van der Waals surface area (Å²) < 4.78 is 12.7. The largest absolute Gasteiger partial charge is 0.255 e. The Balaban J connectivity index is 2.67. The number of halogens is 1. The number of benzene rings is 1. The van der Waals surface area contributed by atoms with Gasteiger partial charge in [-0.05, 0) is 18.2 Å². The number of thiazole rings is 1. The molecule has 2 nitrogen and oxygen atoms in total. The fraction of sp³-hybridized carbons (Fsp3) is 0.125. The summed E-state index contributed by atoms with van der Waals surface area (Å²) in [5.74, 6) is 0. The molecule has 0 saturated heterocycles. The van der Waals surface area contributed by atoms with Gasteiger partial charge in [0.25, 0.3) is 0 Å². The first-order chi connectivity index (χ1) is 6.16. The zero-order valence-electron chi connectivity index (χ0n) is 6.78. The smallest absolute Gasteiger partial charge is 0.184 e. The molecule has 0 aliphatic heterocycles. The Morgan fingerprint density at radius 1 is 1.54 bits per heavy atom. The fourth-order valence-electron chi connectivity index (χ4n) is 1.06. The molecule has 0 fully saturated rings. The van der Waals surface area contributed by atoms with Crippen molar-refractivity contribution in [1.29, 1.82) is 0 Å². The van der Waals surface area contributed by atoms with Gasteiger partial charge in [-0.3, -0.25) is 4.21 Å². The van der Waals surface area contributed by atoms with Gasteiger partial charge in [0, 0.05) is 22.0 Å². The zero-order valence-corrected chi connectivity index (χ0v) is 9.17. The predicted octanol–water partition coefficient (Wildman–Crippen LogP) is 2.69. The normalized spacial score (nSPS) is 13.4. The van der Waals surface area contributed by atoms with Crippen LogP contribution in [0.5, 0.6) is 0 Å². The SMILES string of the molecule is CS(=O)c1ccc2nc(Cl)sc2c1. The molecule has 1 aromatic heterocycles. The number of hydrogen-bond donors (Lipinski definition) is 0. The van der Waals surface area contributed by atoms with Crippen molar-refractivity contribution < 1.29 is 4.21 Å². The molecule has 0 N–H and O–H groups in total. The summed E-state index contributed by atoms with van der Waals surface area (Å²) in [5.41, 5.74) is 0.865. The van der Waals surface area contributed by atoms with Gasteiger partial charge >= 0.3 is 0 Å². The van der Waals surface area contributed by atoms with E-state index in [4.69, 9.17) is 11.6 Å². The predicted molar refractivity (Wildman–Crippen MR) is 57.0 cm³/mol. The molecule has 0 aliphatic rings. The van der Waals surface area contributed by atoms with Gasteiger partial charge in [0.1, 0.15) is 0 Å². The molecule has 0 amide bonds. The first kappa shape index (κ1) is 9.12. The van der Waals surface area contributed by atoms with Crippen molar-refractivity contribution in [2.24, 2.45) is 0 Å². The lowest BCUT2D eigenvalue weighted by Gasteiger charge is -1.93.